The van der Waals surface area contributed by atoms with Crippen LogP contribution in [0.15, 0.2) is 71.2 Å². The summed E-state index contributed by atoms with van der Waals surface area (Å²) in [5, 5.41) is 3.72. The fourth-order valence-corrected chi connectivity index (χ4v) is 5.22. The van der Waals surface area contributed by atoms with Crippen molar-refractivity contribution >= 4 is 27.1 Å². The van der Waals surface area contributed by atoms with Gasteiger partial charge < -0.3 is 10.1 Å². The highest BCUT2D eigenvalue weighted by molar-refractivity contribution is 7.91. The van der Waals surface area contributed by atoms with Crippen molar-refractivity contribution in [3.63, 3.8) is 0 Å². The second-order valence-corrected chi connectivity index (χ2v) is 9.45. The zero-order valence-electron chi connectivity index (χ0n) is 15.9. The van der Waals surface area contributed by atoms with Gasteiger partial charge in [-0.3, -0.25) is 9.78 Å². The highest BCUT2D eigenvalue weighted by Crippen LogP contribution is 2.29. The number of amides is 1. The molecule has 8 heteroatoms. The third kappa shape index (κ3) is 5.42. The van der Waals surface area contributed by atoms with E-state index in [-0.39, 0.29) is 23.8 Å². The zero-order chi connectivity index (χ0) is 20.7. The molecular formula is C21H22N2O4S2. The van der Waals surface area contributed by atoms with Crippen LogP contribution in [0.5, 0.6) is 5.75 Å². The second kappa shape index (κ2) is 9.67. The van der Waals surface area contributed by atoms with E-state index in [4.69, 9.17) is 4.74 Å². The number of carbonyl (C=O) groups excluding carboxylic acids is 1. The first-order chi connectivity index (χ1) is 14.0. The largest absolute Gasteiger partial charge is 0.494 e. The number of thiophene rings is 1. The summed E-state index contributed by atoms with van der Waals surface area (Å²) in [4.78, 5) is 17.4. The van der Waals surface area contributed by atoms with Gasteiger partial charge in [0.2, 0.25) is 5.91 Å². The maximum absolute atomic E-state index is 13.3. The summed E-state index contributed by atoms with van der Waals surface area (Å²) in [6.07, 6.45) is 3.32. The zero-order valence-corrected chi connectivity index (χ0v) is 17.6. The lowest BCUT2D eigenvalue weighted by Gasteiger charge is -2.19. The maximum atomic E-state index is 13.3. The van der Waals surface area contributed by atoms with Crippen molar-refractivity contribution < 1.29 is 17.9 Å². The molecule has 0 aliphatic heterocycles. The van der Waals surface area contributed by atoms with Crippen LogP contribution >= 0.6 is 11.3 Å². The number of hydrogen-bond acceptors (Lipinski definition) is 6. The molecule has 0 aliphatic rings. The summed E-state index contributed by atoms with van der Waals surface area (Å²) in [5.41, 5.74) is 0.526. The molecule has 0 saturated heterocycles. The monoisotopic (exact) mass is 430 g/mol. The summed E-state index contributed by atoms with van der Waals surface area (Å²) >= 11 is 1.49. The summed E-state index contributed by atoms with van der Waals surface area (Å²) in [6, 6.07) is 13.5. The smallest absolute Gasteiger partial charge is 0.225 e. The Morgan fingerprint density at radius 2 is 1.97 bits per heavy atom. The van der Waals surface area contributed by atoms with E-state index < -0.39 is 15.1 Å². The van der Waals surface area contributed by atoms with E-state index in [0.29, 0.717) is 17.9 Å². The molecule has 152 valence electrons. The van der Waals surface area contributed by atoms with E-state index in [1.807, 2.05) is 24.4 Å². The number of nitrogens with zero attached hydrogens (tertiary/aromatic N) is 1. The number of pyridine rings is 1. The van der Waals surface area contributed by atoms with Crippen LogP contribution in [0.4, 0.5) is 0 Å². The maximum Gasteiger partial charge on any atom is 0.225 e. The number of hydrogen-bond donors (Lipinski definition) is 1. The molecule has 6 nitrogen and oxygen atoms in total. The first-order valence-electron chi connectivity index (χ1n) is 9.16. The highest BCUT2D eigenvalue weighted by Gasteiger charge is 2.30. The highest BCUT2D eigenvalue weighted by atomic mass is 32.2. The number of carbonyl (C=O) groups is 1. The van der Waals surface area contributed by atoms with Crippen LogP contribution in [0.25, 0.3) is 0 Å². The van der Waals surface area contributed by atoms with Crippen molar-refractivity contribution in [1.82, 2.24) is 10.3 Å². The van der Waals surface area contributed by atoms with Crippen molar-refractivity contribution in [1.29, 1.82) is 0 Å². The van der Waals surface area contributed by atoms with Gasteiger partial charge in [-0.2, -0.15) is 0 Å². The molecule has 1 amide bonds. The number of nitrogens with one attached hydrogen (secondary N) is 1. The lowest BCUT2D eigenvalue weighted by atomic mass is 10.2. The molecular weight excluding hydrogens is 408 g/mol. The van der Waals surface area contributed by atoms with Gasteiger partial charge in [-0.25, -0.2) is 8.42 Å². The van der Waals surface area contributed by atoms with E-state index in [1.165, 1.54) is 29.7 Å². The Kier molecular flexibility index (Phi) is 7.00. The SMILES string of the molecule is CCOc1ccc(S(=O)(=O)C(CNC(=O)Cc2cccs2)c2cccnc2)cc1. The fourth-order valence-electron chi connectivity index (χ4n) is 2.87. The first kappa shape index (κ1) is 21.0. The van der Waals surface area contributed by atoms with Gasteiger partial charge in [0, 0.05) is 23.8 Å². The Balaban J connectivity index is 1.81. The molecule has 0 radical (unpaired) electrons. The van der Waals surface area contributed by atoms with E-state index >= 15 is 0 Å². The van der Waals surface area contributed by atoms with Crippen LogP contribution in [0.3, 0.4) is 0 Å². The van der Waals surface area contributed by atoms with E-state index in [2.05, 4.69) is 10.3 Å². The van der Waals surface area contributed by atoms with E-state index in [9.17, 15) is 13.2 Å². The van der Waals surface area contributed by atoms with Crippen LogP contribution in [-0.2, 0) is 21.1 Å². The third-order valence-corrected chi connectivity index (χ3v) is 7.29. The molecule has 1 unspecified atom stereocenters. The topological polar surface area (TPSA) is 85.4 Å². The third-order valence-electron chi connectivity index (χ3n) is 4.29. The van der Waals surface area contributed by atoms with Gasteiger partial charge >= 0.3 is 0 Å². The van der Waals surface area contributed by atoms with Gasteiger partial charge in [-0.05, 0) is 54.3 Å². The number of aromatic nitrogens is 1. The molecule has 0 spiro atoms. The first-order valence-corrected chi connectivity index (χ1v) is 11.6. The molecule has 0 bridgehead atoms. The lowest BCUT2D eigenvalue weighted by Crippen LogP contribution is -2.32. The normalized spacial score (nSPS) is 12.3. The summed E-state index contributed by atoms with van der Waals surface area (Å²) in [6.45, 7) is 2.33. The summed E-state index contributed by atoms with van der Waals surface area (Å²) < 4.78 is 32.0. The van der Waals surface area contributed by atoms with Crippen LogP contribution < -0.4 is 10.1 Å². The Labute approximate surface area is 174 Å². The standard InChI is InChI=1S/C21H22N2O4S2/c1-2-27-17-7-9-19(10-8-17)29(25,26)20(16-5-3-11-22-14-16)15-23-21(24)13-18-6-4-12-28-18/h3-12,14,20H,2,13,15H2,1H3,(H,23,24). The predicted octanol–water partition coefficient (Wildman–Crippen LogP) is 3.42. The Morgan fingerprint density at radius 3 is 2.59 bits per heavy atom. The van der Waals surface area contributed by atoms with Crippen molar-refractivity contribution in [2.75, 3.05) is 13.2 Å². The Bertz CT molecular complexity index is 1020. The summed E-state index contributed by atoms with van der Waals surface area (Å²) in [7, 11) is -3.75. The molecule has 1 aromatic carbocycles. The molecule has 1 N–H and O–H groups in total. The quantitative estimate of drug-likeness (QED) is 0.562. The van der Waals surface area contributed by atoms with Gasteiger partial charge in [0.25, 0.3) is 0 Å². The Morgan fingerprint density at radius 1 is 1.17 bits per heavy atom. The predicted molar refractivity (Wildman–Crippen MR) is 113 cm³/mol. The molecule has 1 atom stereocenters. The molecule has 3 rings (SSSR count). The van der Waals surface area contributed by atoms with Gasteiger partial charge in [0.15, 0.2) is 9.84 Å². The molecule has 0 fully saturated rings. The number of rotatable bonds is 9. The van der Waals surface area contributed by atoms with Crippen LogP contribution in [0, 0.1) is 0 Å². The number of ether oxygens (including phenoxy) is 1. The minimum Gasteiger partial charge on any atom is -0.494 e. The van der Waals surface area contributed by atoms with Crippen molar-refractivity contribution in [3.05, 3.63) is 76.7 Å². The molecule has 0 aliphatic carbocycles. The van der Waals surface area contributed by atoms with E-state index in [1.54, 1.807) is 30.5 Å². The van der Waals surface area contributed by atoms with Gasteiger partial charge in [-0.1, -0.05) is 12.1 Å². The molecule has 3 aromatic rings. The molecule has 0 saturated carbocycles. The van der Waals surface area contributed by atoms with Gasteiger partial charge in [-0.15, -0.1) is 11.3 Å². The number of benzene rings is 1. The molecule has 2 heterocycles. The van der Waals surface area contributed by atoms with Crippen molar-refractivity contribution in [2.45, 2.75) is 23.5 Å². The summed E-state index contributed by atoms with van der Waals surface area (Å²) in [5.74, 6) is 0.386. The van der Waals surface area contributed by atoms with Crippen molar-refractivity contribution in [2.24, 2.45) is 0 Å². The van der Waals surface area contributed by atoms with Gasteiger partial charge in [0.1, 0.15) is 11.0 Å². The number of sulfone groups is 1. The molecule has 29 heavy (non-hydrogen) atoms. The average Bonchev–Trinajstić information content (AvgIpc) is 3.22. The molecule has 2 aromatic heterocycles. The minimum absolute atomic E-state index is 0.0363. The minimum atomic E-state index is -3.75. The van der Waals surface area contributed by atoms with Crippen LogP contribution in [0.2, 0.25) is 0 Å². The second-order valence-electron chi connectivity index (χ2n) is 6.28. The van der Waals surface area contributed by atoms with Crippen LogP contribution in [-0.4, -0.2) is 32.5 Å². The van der Waals surface area contributed by atoms with Crippen LogP contribution in [0.1, 0.15) is 22.6 Å². The van der Waals surface area contributed by atoms with Gasteiger partial charge in [0.05, 0.1) is 17.9 Å². The van der Waals surface area contributed by atoms with Crippen molar-refractivity contribution in [3.8, 4) is 5.75 Å². The Hall–Kier alpha value is -2.71. The van der Waals surface area contributed by atoms with E-state index in [0.717, 1.165) is 4.88 Å². The average molecular weight is 431 g/mol. The fraction of sp³-hybridized carbons (Fsp3) is 0.238. The lowest BCUT2D eigenvalue weighted by molar-refractivity contribution is -0.120.